The highest BCUT2D eigenvalue weighted by atomic mass is 35.5. The molecule has 0 spiro atoms. The van der Waals surface area contributed by atoms with Crippen molar-refractivity contribution in [2.75, 3.05) is 11.6 Å². The first kappa shape index (κ1) is 14.3. The number of nitrogen functional groups attached to an aromatic ring is 1. The molecule has 15 heavy (non-hydrogen) atoms. The smallest absolute Gasteiger partial charge is 0.348 e. The molecule has 3 nitrogen and oxygen atoms in total. The fourth-order valence-electron chi connectivity index (χ4n) is 0.842. The monoisotopic (exact) mass is 249 g/mol. The third-order valence-electron chi connectivity index (χ3n) is 1.67. The molecule has 1 aromatic rings. The molecule has 1 rings (SSSR count). The van der Waals surface area contributed by atoms with Gasteiger partial charge in [0.2, 0.25) is 0 Å². The lowest BCUT2D eigenvalue weighted by Crippen LogP contribution is -1.98. The number of anilines is 1. The van der Waals surface area contributed by atoms with Gasteiger partial charge in [-0.3, -0.25) is 0 Å². The van der Waals surface area contributed by atoms with E-state index in [1.165, 1.54) is 11.3 Å². The highest BCUT2D eigenvalue weighted by Gasteiger charge is 2.12. The van der Waals surface area contributed by atoms with Crippen LogP contribution < -0.4 is 5.73 Å². The summed E-state index contributed by atoms with van der Waals surface area (Å²) in [6.45, 7) is 4.00. The molecule has 3 N–H and O–H groups in total. The Morgan fingerprint density at radius 2 is 2.13 bits per heavy atom. The first-order valence-electron chi connectivity index (χ1n) is 4.73. The zero-order valence-corrected chi connectivity index (χ0v) is 10.5. The number of rotatable bonds is 3. The number of hydrogen-bond donors (Lipinski definition) is 2. The summed E-state index contributed by atoms with van der Waals surface area (Å²) in [6, 6.07) is 0. The van der Waals surface area contributed by atoms with Crippen molar-refractivity contribution in [1.82, 2.24) is 0 Å². The number of halogens is 1. The number of aromatic carboxylic acids is 1. The average Bonchev–Trinajstić information content (AvgIpc) is 2.60. The van der Waals surface area contributed by atoms with Crippen LogP contribution in [0.1, 0.15) is 35.5 Å². The van der Waals surface area contributed by atoms with E-state index in [9.17, 15) is 4.79 Å². The SMILES string of the molecule is CCCCl.CCc1csc(C(=O)O)c1N. The number of alkyl halides is 1. The lowest BCUT2D eigenvalue weighted by molar-refractivity contribution is 0.0703. The van der Waals surface area contributed by atoms with Gasteiger partial charge in [0.15, 0.2) is 0 Å². The van der Waals surface area contributed by atoms with E-state index in [1.807, 2.05) is 13.8 Å². The molecule has 0 aliphatic heterocycles. The Balaban J connectivity index is 0.000000423. The van der Waals surface area contributed by atoms with Crippen molar-refractivity contribution in [3.8, 4) is 0 Å². The van der Waals surface area contributed by atoms with E-state index < -0.39 is 5.97 Å². The van der Waals surface area contributed by atoms with Gasteiger partial charge in [0.05, 0.1) is 5.69 Å². The minimum atomic E-state index is -0.938. The molecule has 5 heteroatoms. The minimum Gasteiger partial charge on any atom is -0.477 e. The Labute approximate surface area is 98.9 Å². The maximum atomic E-state index is 10.5. The third-order valence-corrected chi connectivity index (χ3v) is 3.08. The van der Waals surface area contributed by atoms with E-state index in [2.05, 4.69) is 0 Å². The molecule has 0 radical (unpaired) electrons. The Morgan fingerprint density at radius 1 is 1.60 bits per heavy atom. The van der Waals surface area contributed by atoms with Crippen LogP contribution in [0.4, 0.5) is 5.69 Å². The zero-order chi connectivity index (χ0) is 11.8. The number of carbonyl (C=O) groups is 1. The molecule has 1 aromatic heterocycles. The number of nitrogens with two attached hydrogens (primary N) is 1. The summed E-state index contributed by atoms with van der Waals surface area (Å²) >= 11 is 6.37. The van der Waals surface area contributed by atoms with Gasteiger partial charge in [-0.2, -0.15) is 0 Å². The molecule has 0 fully saturated rings. The van der Waals surface area contributed by atoms with Gasteiger partial charge >= 0.3 is 5.97 Å². The summed E-state index contributed by atoms with van der Waals surface area (Å²) in [7, 11) is 0. The average molecular weight is 250 g/mol. The van der Waals surface area contributed by atoms with Gasteiger partial charge in [-0.05, 0) is 23.8 Å². The van der Waals surface area contributed by atoms with E-state index in [4.69, 9.17) is 22.4 Å². The van der Waals surface area contributed by atoms with Crippen molar-refractivity contribution in [3.63, 3.8) is 0 Å². The molecule has 0 unspecified atom stereocenters. The molecule has 0 saturated carbocycles. The largest absolute Gasteiger partial charge is 0.477 e. The predicted octanol–water partition coefficient (Wildman–Crippen LogP) is 3.23. The maximum absolute atomic E-state index is 10.5. The van der Waals surface area contributed by atoms with Crippen molar-refractivity contribution < 1.29 is 9.90 Å². The van der Waals surface area contributed by atoms with Gasteiger partial charge < -0.3 is 10.8 Å². The first-order chi connectivity index (χ1) is 7.08. The number of carboxylic acids is 1. The van der Waals surface area contributed by atoms with Crippen molar-refractivity contribution in [1.29, 1.82) is 0 Å². The number of thiophene rings is 1. The normalized spacial score (nSPS) is 9.27. The quantitative estimate of drug-likeness (QED) is 0.809. The first-order valence-corrected chi connectivity index (χ1v) is 6.14. The Kier molecular flexibility index (Phi) is 7.17. The molecular weight excluding hydrogens is 234 g/mol. The molecule has 0 bridgehead atoms. The molecule has 86 valence electrons. The lowest BCUT2D eigenvalue weighted by Gasteiger charge is -1.93. The topological polar surface area (TPSA) is 63.3 Å². The van der Waals surface area contributed by atoms with Crippen molar-refractivity contribution in [3.05, 3.63) is 15.8 Å². The van der Waals surface area contributed by atoms with E-state index in [-0.39, 0.29) is 4.88 Å². The van der Waals surface area contributed by atoms with Crippen LogP contribution >= 0.6 is 22.9 Å². The van der Waals surface area contributed by atoms with Crippen LogP contribution in [-0.2, 0) is 6.42 Å². The van der Waals surface area contributed by atoms with E-state index in [0.29, 0.717) is 5.69 Å². The highest BCUT2D eigenvalue weighted by molar-refractivity contribution is 7.12. The van der Waals surface area contributed by atoms with Crippen molar-refractivity contribution in [2.45, 2.75) is 26.7 Å². The molecular formula is C10H16ClNO2S. The van der Waals surface area contributed by atoms with Crippen LogP contribution in [0.25, 0.3) is 0 Å². The summed E-state index contributed by atoms with van der Waals surface area (Å²) < 4.78 is 0. The summed E-state index contributed by atoms with van der Waals surface area (Å²) in [5.74, 6) is -0.146. The molecule has 0 saturated heterocycles. The van der Waals surface area contributed by atoms with Gasteiger partial charge in [-0.25, -0.2) is 4.79 Å². The van der Waals surface area contributed by atoms with E-state index >= 15 is 0 Å². The fraction of sp³-hybridized carbons (Fsp3) is 0.500. The van der Waals surface area contributed by atoms with Gasteiger partial charge in [0.1, 0.15) is 4.88 Å². The third kappa shape index (κ3) is 4.53. The van der Waals surface area contributed by atoms with Crippen LogP contribution in [0.5, 0.6) is 0 Å². The van der Waals surface area contributed by atoms with Crippen LogP contribution in [0.2, 0.25) is 0 Å². The Bertz CT molecular complexity index is 310. The molecule has 0 atom stereocenters. The maximum Gasteiger partial charge on any atom is 0.348 e. The highest BCUT2D eigenvalue weighted by Crippen LogP contribution is 2.25. The van der Waals surface area contributed by atoms with Gasteiger partial charge in [-0.1, -0.05) is 13.8 Å². The van der Waals surface area contributed by atoms with Crippen molar-refractivity contribution >= 4 is 34.6 Å². The number of aryl methyl sites for hydroxylation is 1. The van der Waals surface area contributed by atoms with Gasteiger partial charge in [0.25, 0.3) is 0 Å². The predicted molar refractivity (Wildman–Crippen MR) is 66.1 cm³/mol. The fourth-order valence-corrected chi connectivity index (χ4v) is 1.75. The second-order valence-electron chi connectivity index (χ2n) is 2.85. The van der Waals surface area contributed by atoms with Crippen LogP contribution in [0.3, 0.4) is 0 Å². The second kappa shape index (κ2) is 7.54. The number of carboxylic acid groups (broad SMARTS) is 1. The van der Waals surface area contributed by atoms with E-state index in [1.54, 1.807) is 5.38 Å². The molecule has 0 amide bonds. The summed E-state index contributed by atoms with van der Waals surface area (Å²) in [4.78, 5) is 10.7. The standard InChI is InChI=1S/C7H9NO2S.C3H7Cl/c1-2-4-3-11-6(5(4)8)7(9)10;1-2-3-4/h3H,2,8H2,1H3,(H,9,10);2-3H2,1H3. The summed E-state index contributed by atoms with van der Waals surface area (Å²) in [5.41, 5.74) is 6.89. The summed E-state index contributed by atoms with van der Waals surface area (Å²) in [5, 5.41) is 10.4. The van der Waals surface area contributed by atoms with Crippen LogP contribution in [-0.4, -0.2) is 17.0 Å². The number of hydrogen-bond acceptors (Lipinski definition) is 3. The van der Waals surface area contributed by atoms with Crippen molar-refractivity contribution in [2.24, 2.45) is 0 Å². The van der Waals surface area contributed by atoms with Crippen LogP contribution in [0.15, 0.2) is 5.38 Å². The lowest BCUT2D eigenvalue weighted by atomic mass is 10.2. The molecule has 1 heterocycles. The Morgan fingerprint density at radius 3 is 2.33 bits per heavy atom. The molecule has 0 aromatic carbocycles. The second-order valence-corrected chi connectivity index (χ2v) is 4.11. The summed E-state index contributed by atoms with van der Waals surface area (Å²) in [6.07, 6.45) is 1.87. The molecule has 0 aliphatic rings. The van der Waals surface area contributed by atoms with Gasteiger partial charge in [-0.15, -0.1) is 22.9 Å². The minimum absolute atomic E-state index is 0.252. The zero-order valence-electron chi connectivity index (χ0n) is 8.92. The Hall–Kier alpha value is -0.740. The van der Waals surface area contributed by atoms with E-state index in [0.717, 1.165) is 24.3 Å². The van der Waals surface area contributed by atoms with Gasteiger partial charge in [0, 0.05) is 5.88 Å². The molecule has 0 aliphatic carbocycles. The van der Waals surface area contributed by atoms with Crippen LogP contribution in [0, 0.1) is 0 Å².